The minimum absolute atomic E-state index is 0.0794. The Morgan fingerprint density at radius 1 is 1.13 bits per heavy atom. The first kappa shape index (κ1) is 21.3. The Kier molecular flexibility index (Phi) is 6.84. The maximum atomic E-state index is 13.2. The molecule has 7 heteroatoms. The fraction of sp³-hybridized carbons (Fsp3) is 0.375. The van der Waals surface area contributed by atoms with Crippen LogP contribution >= 0.6 is 0 Å². The summed E-state index contributed by atoms with van der Waals surface area (Å²) in [4.78, 5) is 2.32. The van der Waals surface area contributed by atoms with E-state index in [-0.39, 0.29) is 11.9 Å². The van der Waals surface area contributed by atoms with Gasteiger partial charge in [0.25, 0.3) is 0 Å². The molecule has 0 saturated carbocycles. The molecule has 1 aliphatic rings. The van der Waals surface area contributed by atoms with Gasteiger partial charge in [-0.1, -0.05) is 24.3 Å². The van der Waals surface area contributed by atoms with Crippen LogP contribution in [0.3, 0.4) is 0 Å². The number of benzene rings is 2. The van der Waals surface area contributed by atoms with Gasteiger partial charge in [0.1, 0.15) is 11.9 Å². The Labute approximate surface area is 182 Å². The molecule has 1 fully saturated rings. The first-order valence-electron chi connectivity index (χ1n) is 10.5. The third-order valence-electron chi connectivity index (χ3n) is 5.48. The van der Waals surface area contributed by atoms with E-state index in [0.717, 1.165) is 54.5 Å². The summed E-state index contributed by atoms with van der Waals surface area (Å²) in [6.45, 7) is 3.55. The molecule has 0 bridgehead atoms. The highest BCUT2D eigenvalue weighted by molar-refractivity contribution is 5.39. The number of nitrogens with zero attached hydrogens (tertiary/aromatic N) is 3. The van der Waals surface area contributed by atoms with Crippen LogP contribution in [0.25, 0.3) is 0 Å². The van der Waals surface area contributed by atoms with Crippen molar-refractivity contribution in [3.8, 4) is 11.5 Å². The molecule has 1 aromatic heterocycles. The van der Waals surface area contributed by atoms with Gasteiger partial charge in [0, 0.05) is 38.8 Å². The minimum Gasteiger partial charge on any atom is -0.493 e. The van der Waals surface area contributed by atoms with E-state index in [2.05, 4.69) is 16.1 Å². The standard InChI is InChI=1S/C24H28FN3O3/c1-27-20(11-13-30-23-6-4-3-5-22(23)29-2)15-21(26-27)24-17-28(12-14-31-24)16-18-7-9-19(25)10-8-18/h3-10,15,24H,11-14,16-17H2,1-2H3. The molecule has 6 nitrogen and oxygen atoms in total. The van der Waals surface area contributed by atoms with Crippen LogP contribution in [-0.2, 0) is 24.8 Å². The molecule has 1 unspecified atom stereocenters. The molecular formula is C24H28FN3O3. The van der Waals surface area contributed by atoms with Crippen molar-refractivity contribution in [2.24, 2.45) is 7.05 Å². The SMILES string of the molecule is COc1ccccc1OCCc1cc(C2CN(Cc3ccc(F)cc3)CCO2)nn1C. The topological polar surface area (TPSA) is 48.8 Å². The molecule has 164 valence electrons. The second-order valence-corrected chi connectivity index (χ2v) is 7.65. The Balaban J connectivity index is 1.34. The summed E-state index contributed by atoms with van der Waals surface area (Å²) in [5.74, 6) is 1.25. The molecule has 1 atom stereocenters. The number of aryl methyl sites for hydroxylation is 1. The van der Waals surface area contributed by atoms with Crippen molar-refractivity contribution >= 4 is 0 Å². The second-order valence-electron chi connectivity index (χ2n) is 7.65. The van der Waals surface area contributed by atoms with Gasteiger partial charge in [-0.05, 0) is 35.9 Å². The van der Waals surface area contributed by atoms with Gasteiger partial charge >= 0.3 is 0 Å². The zero-order chi connectivity index (χ0) is 21.6. The third-order valence-corrected chi connectivity index (χ3v) is 5.48. The molecule has 2 aromatic carbocycles. The zero-order valence-corrected chi connectivity index (χ0v) is 18.0. The summed E-state index contributed by atoms with van der Waals surface area (Å²) < 4.78 is 32.3. The lowest BCUT2D eigenvalue weighted by Gasteiger charge is -2.32. The van der Waals surface area contributed by atoms with Gasteiger partial charge in [0.2, 0.25) is 0 Å². The highest BCUT2D eigenvalue weighted by Gasteiger charge is 2.25. The van der Waals surface area contributed by atoms with Gasteiger partial charge in [-0.15, -0.1) is 0 Å². The molecular weight excluding hydrogens is 397 g/mol. The van der Waals surface area contributed by atoms with Crippen LogP contribution in [0.4, 0.5) is 4.39 Å². The molecule has 0 amide bonds. The fourth-order valence-corrected chi connectivity index (χ4v) is 3.80. The molecule has 31 heavy (non-hydrogen) atoms. The molecule has 0 radical (unpaired) electrons. The average Bonchev–Trinajstić information content (AvgIpc) is 3.16. The summed E-state index contributed by atoms with van der Waals surface area (Å²) in [7, 11) is 3.58. The van der Waals surface area contributed by atoms with Gasteiger partial charge < -0.3 is 14.2 Å². The fourth-order valence-electron chi connectivity index (χ4n) is 3.80. The minimum atomic E-state index is -0.209. The number of para-hydroxylation sites is 2. The summed E-state index contributed by atoms with van der Waals surface area (Å²) >= 11 is 0. The van der Waals surface area contributed by atoms with E-state index in [9.17, 15) is 4.39 Å². The first-order valence-corrected chi connectivity index (χ1v) is 10.5. The van der Waals surface area contributed by atoms with E-state index < -0.39 is 0 Å². The van der Waals surface area contributed by atoms with Gasteiger partial charge in [0.15, 0.2) is 11.5 Å². The molecule has 2 heterocycles. The van der Waals surface area contributed by atoms with Gasteiger partial charge in [-0.3, -0.25) is 9.58 Å². The van der Waals surface area contributed by atoms with Crippen molar-refractivity contribution in [1.29, 1.82) is 0 Å². The van der Waals surface area contributed by atoms with Crippen molar-refractivity contribution in [3.05, 3.63) is 77.4 Å². The summed E-state index contributed by atoms with van der Waals surface area (Å²) in [5.41, 5.74) is 3.11. The van der Waals surface area contributed by atoms with Gasteiger partial charge in [0.05, 0.1) is 26.0 Å². The van der Waals surface area contributed by atoms with Crippen molar-refractivity contribution < 1.29 is 18.6 Å². The van der Waals surface area contributed by atoms with Crippen LogP contribution in [0.5, 0.6) is 11.5 Å². The number of halogens is 1. The molecule has 1 saturated heterocycles. The maximum absolute atomic E-state index is 13.2. The van der Waals surface area contributed by atoms with Crippen molar-refractivity contribution in [2.45, 2.75) is 19.1 Å². The Morgan fingerprint density at radius 2 is 1.90 bits per heavy atom. The number of aromatic nitrogens is 2. The molecule has 4 rings (SSSR count). The largest absolute Gasteiger partial charge is 0.493 e. The Hall–Kier alpha value is -2.90. The van der Waals surface area contributed by atoms with Crippen LogP contribution in [0, 0.1) is 5.82 Å². The van der Waals surface area contributed by atoms with Crippen LogP contribution < -0.4 is 9.47 Å². The predicted molar refractivity (Wildman–Crippen MR) is 116 cm³/mol. The summed E-state index contributed by atoms with van der Waals surface area (Å²) in [6.07, 6.45) is 0.650. The third kappa shape index (κ3) is 5.42. The van der Waals surface area contributed by atoms with Crippen molar-refractivity contribution in [2.75, 3.05) is 33.4 Å². The average molecular weight is 426 g/mol. The van der Waals surface area contributed by atoms with Crippen LogP contribution in [-0.4, -0.2) is 48.1 Å². The molecule has 0 aliphatic carbocycles. The van der Waals surface area contributed by atoms with E-state index >= 15 is 0 Å². The number of morpholine rings is 1. The van der Waals surface area contributed by atoms with E-state index in [1.807, 2.05) is 48.1 Å². The van der Waals surface area contributed by atoms with Crippen molar-refractivity contribution in [1.82, 2.24) is 14.7 Å². The highest BCUT2D eigenvalue weighted by Crippen LogP contribution is 2.26. The van der Waals surface area contributed by atoms with Crippen LogP contribution in [0.15, 0.2) is 54.6 Å². The van der Waals surface area contributed by atoms with E-state index in [1.54, 1.807) is 7.11 Å². The normalized spacial score (nSPS) is 16.9. The van der Waals surface area contributed by atoms with Crippen molar-refractivity contribution in [3.63, 3.8) is 0 Å². The summed E-state index contributed by atoms with van der Waals surface area (Å²) in [5, 5.41) is 4.68. The van der Waals surface area contributed by atoms with Gasteiger partial charge in [-0.25, -0.2) is 4.39 Å². The predicted octanol–water partition coefficient (Wildman–Crippen LogP) is 3.76. The monoisotopic (exact) mass is 425 g/mol. The number of methoxy groups -OCH3 is 1. The molecule has 0 spiro atoms. The van der Waals surface area contributed by atoms with Gasteiger partial charge in [-0.2, -0.15) is 5.10 Å². The first-order chi connectivity index (χ1) is 15.1. The van der Waals surface area contributed by atoms with E-state index in [0.29, 0.717) is 13.2 Å². The summed E-state index contributed by atoms with van der Waals surface area (Å²) in [6, 6.07) is 16.4. The Bertz CT molecular complexity index is 990. The second kappa shape index (κ2) is 9.94. The number of hydrogen-bond donors (Lipinski definition) is 0. The highest BCUT2D eigenvalue weighted by atomic mass is 19.1. The number of hydrogen-bond acceptors (Lipinski definition) is 5. The quantitative estimate of drug-likeness (QED) is 0.550. The van der Waals surface area contributed by atoms with Crippen LogP contribution in [0.1, 0.15) is 23.1 Å². The smallest absolute Gasteiger partial charge is 0.161 e. The number of ether oxygens (including phenoxy) is 3. The molecule has 1 aliphatic heterocycles. The zero-order valence-electron chi connectivity index (χ0n) is 18.0. The van der Waals surface area contributed by atoms with E-state index in [1.165, 1.54) is 12.1 Å². The Morgan fingerprint density at radius 3 is 2.68 bits per heavy atom. The lowest BCUT2D eigenvalue weighted by atomic mass is 10.1. The van der Waals surface area contributed by atoms with Crippen LogP contribution in [0.2, 0.25) is 0 Å². The maximum Gasteiger partial charge on any atom is 0.161 e. The van der Waals surface area contributed by atoms with E-state index in [4.69, 9.17) is 14.2 Å². The lowest BCUT2D eigenvalue weighted by molar-refractivity contribution is -0.0352. The molecule has 3 aromatic rings. The number of rotatable bonds is 8. The lowest BCUT2D eigenvalue weighted by Crippen LogP contribution is -2.38. The molecule has 0 N–H and O–H groups in total.